The summed E-state index contributed by atoms with van der Waals surface area (Å²) in [6.07, 6.45) is 6.06. The molecule has 1 aromatic rings. The molecular weight excluding hydrogens is 248 g/mol. The zero-order chi connectivity index (χ0) is 14.7. The first-order valence-electron chi connectivity index (χ1n) is 6.86. The van der Waals surface area contributed by atoms with Crippen LogP contribution in [0.2, 0.25) is 0 Å². The van der Waals surface area contributed by atoms with Crippen LogP contribution in [0.3, 0.4) is 0 Å². The van der Waals surface area contributed by atoms with Gasteiger partial charge in [0, 0.05) is 17.9 Å². The number of nitrogens with two attached hydrogens (primary N) is 1. The van der Waals surface area contributed by atoms with Crippen molar-refractivity contribution in [2.75, 3.05) is 6.54 Å². The normalized spacial score (nSPS) is 18.6. The molecule has 106 valence electrons. The molecule has 1 aliphatic heterocycles. The summed E-state index contributed by atoms with van der Waals surface area (Å²) >= 11 is 0. The summed E-state index contributed by atoms with van der Waals surface area (Å²) in [5.41, 5.74) is 9.29. The summed E-state index contributed by atoms with van der Waals surface area (Å²) in [5.74, 6) is 0.312. The third kappa shape index (κ3) is 3.05. The third-order valence-electron chi connectivity index (χ3n) is 3.75. The van der Waals surface area contributed by atoms with E-state index in [2.05, 4.69) is 18.1 Å². The Morgan fingerprint density at radius 1 is 1.45 bits per heavy atom. The molecule has 20 heavy (non-hydrogen) atoms. The van der Waals surface area contributed by atoms with Crippen LogP contribution in [0.25, 0.3) is 6.08 Å². The van der Waals surface area contributed by atoms with E-state index in [1.807, 2.05) is 31.2 Å². The largest absolute Gasteiger partial charge is 0.508 e. The summed E-state index contributed by atoms with van der Waals surface area (Å²) in [5, 5.41) is 9.70. The molecule has 3 N–H and O–H groups in total. The number of aromatic hydroxyl groups is 1. The minimum absolute atomic E-state index is 0.193. The second kappa shape index (κ2) is 5.87. The maximum atomic E-state index is 9.70. The number of hydrogen-bond donors (Lipinski definition) is 2. The first-order chi connectivity index (χ1) is 9.49. The maximum absolute atomic E-state index is 9.70. The average Bonchev–Trinajstić information content (AvgIpc) is 2.89. The molecule has 3 nitrogen and oxygen atoms in total. The number of phenols is 1. The fourth-order valence-electron chi connectivity index (χ4n) is 2.51. The molecule has 0 bridgehead atoms. The van der Waals surface area contributed by atoms with Gasteiger partial charge in [-0.3, -0.25) is 0 Å². The van der Waals surface area contributed by atoms with Crippen molar-refractivity contribution in [1.29, 1.82) is 0 Å². The number of rotatable bonds is 4. The van der Waals surface area contributed by atoms with Gasteiger partial charge in [-0.1, -0.05) is 31.4 Å². The monoisotopic (exact) mass is 270 g/mol. The Morgan fingerprint density at radius 3 is 2.85 bits per heavy atom. The predicted octanol–water partition coefficient (Wildman–Crippen LogP) is 3.16. The molecule has 1 heterocycles. The van der Waals surface area contributed by atoms with E-state index in [1.54, 1.807) is 6.07 Å². The number of benzene rings is 1. The second-order valence-electron chi connectivity index (χ2n) is 5.30. The number of allylic oxidation sites excluding steroid dienone is 1. The highest BCUT2D eigenvalue weighted by Crippen LogP contribution is 2.25. The van der Waals surface area contributed by atoms with Crippen LogP contribution in [0.15, 0.2) is 48.8 Å². The minimum Gasteiger partial charge on any atom is -0.508 e. The topological polar surface area (TPSA) is 49.5 Å². The molecule has 0 amide bonds. The number of aryl methyl sites for hydroxylation is 1. The standard InChI is InChI=1S/C17H22N2O/c1-12-6-8-15(11-17(12)20)9-7-13(2)19-10-4-5-16(19)14(3)18/h6-9,11,16,20H,2-5,10,18H2,1H3/b9-7+/t16-/m0/s1. The first kappa shape index (κ1) is 14.3. The molecule has 1 saturated heterocycles. The van der Waals surface area contributed by atoms with E-state index in [4.69, 9.17) is 5.73 Å². The molecule has 1 aliphatic rings. The number of phenolic OH excluding ortho intramolecular Hbond substituents is 1. The highest BCUT2D eigenvalue weighted by Gasteiger charge is 2.25. The Kier molecular flexibility index (Phi) is 4.18. The van der Waals surface area contributed by atoms with Gasteiger partial charge >= 0.3 is 0 Å². The van der Waals surface area contributed by atoms with Gasteiger partial charge in [0.05, 0.1) is 6.04 Å². The lowest BCUT2D eigenvalue weighted by Gasteiger charge is -2.26. The quantitative estimate of drug-likeness (QED) is 0.826. The van der Waals surface area contributed by atoms with E-state index in [0.717, 1.165) is 36.2 Å². The zero-order valence-electron chi connectivity index (χ0n) is 12.0. The Bertz CT molecular complexity index is 560. The van der Waals surface area contributed by atoms with Gasteiger partial charge in [-0.2, -0.15) is 0 Å². The zero-order valence-corrected chi connectivity index (χ0v) is 12.0. The van der Waals surface area contributed by atoms with Gasteiger partial charge in [0.2, 0.25) is 0 Å². The molecular formula is C17H22N2O. The summed E-state index contributed by atoms with van der Waals surface area (Å²) in [6.45, 7) is 10.8. The van der Waals surface area contributed by atoms with Crippen LogP contribution in [0, 0.1) is 6.92 Å². The minimum atomic E-state index is 0.193. The summed E-state index contributed by atoms with van der Waals surface area (Å²) in [7, 11) is 0. The molecule has 3 heteroatoms. The van der Waals surface area contributed by atoms with Crippen LogP contribution < -0.4 is 5.73 Å². The molecule has 0 aromatic heterocycles. The van der Waals surface area contributed by atoms with E-state index in [-0.39, 0.29) is 6.04 Å². The van der Waals surface area contributed by atoms with Crippen molar-refractivity contribution >= 4 is 6.08 Å². The third-order valence-corrected chi connectivity index (χ3v) is 3.75. The van der Waals surface area contributed by atoms with Crippen molar-refractivity contribution in [3.63, 3.8) is 0 Å². The summed E-state index contributed by atoms with van der Waals surface area (Å²) in [4.78, 5) is 2.19. The van der Waals surface area contributed by atoms with Crippen molar-refractivity contribution in [1.82, 2.24) is 4.90 Å². The fraction of sp³-hybridized carbons (Fsp3) is 0.294. The van der Waals surface area contributed by atoms with Crippen molar-refractivity contribution in [3.05, 3.63) is 60.0 Å². The van der Waals surface area contributed by atoms with Gasteiger partial charge in [0.25, 0.3) is 0 Å². The molecule has 0 unspecified atom stereocenters. The smallest absolute Gasteiger partial charge is 0.119 e. The SMILES string of the molecule is C=C(N)[C@@H]1CCCN1C(=C)/C=C/c1ccc(C)c(O)c1. The number of likely N-dealkylation sites (tertiary alicyclic amines) is 1. The average molecular weight is 270 g/mol. The van der Waals surface area contributed by atoms with E-state index >= 15 is 0 Å². The van der Waals surface area contributed by atoms with Crippen molar-refractivity contribution in [2.45, 2.75) is 25.8 Å². The van der Waals surface area contributed by atoms with Crippen LogP contribution in [-0.4, -0.2) is 22.6 Å². The van der Waals surface area contributed by atoms with Crippen LogP contribution in [-0.2, 0) is 0 Å². The van der Waals surface area contributed by atoms with E-state index in [1.165, 1.54) is 0 Å². The van der Waals surface area contributed by atoms with Crippen molar-refractivity contribution < 1.29 is 5.11 Å². The van der Waals surface area contributed by atoms with Gasteiger partial charge < -0.3 is 15.7 Å². The second-order valence-corrected chi connectivity index (χ2v) is 5.30. The molecule has 0 spiro atoms. The van der Waals surface area contributed by atoms with Gasteiger partial charge in [0.15, 0.2) is 0 Å². The van der Waals surface area contributed by atoms with E-state index < -0.39 is 0 Å². The lowest BCUT2D eigenvalue weighted by Crippen LogP contribution is -2.31. The van der Waals surface area contributed by atoms with Gasteiger partial charge in [-0.15, -0.1) is 0 Å². The molecule has 0 radical (unpaired) electrons. The molecule has 2 rings (SSSR count). The molecule has 1 aromatic carbocycles. The lowest BCUT2D eigenvalue weighted by molar-refractivity contribution is 0.365. The maximum Gasteiger partial charge on any atom is 0.119 e. The van der Waals surface area contributed by atoms with Crippen LogP contribution in [0.1, 0.15) is 24.0 Å². The highest BCUT2D eigenvalue weighted by molar-refractivity contribution is 5.55. The number of hydrogen-bond acceptors (Lipinski definition) is 3. The van der Waals surface area contributed by atoms with Crippen LogP contribution in [0.4, 0.5) is 0 Å². The van der Waals surface area contributed by atoms with Crippen LogP contribution >= 0.6 is 0 Å². The van der Waals surface area contributed by atoms with Crippen molar-refractivity contribution in [3.8, 4) is 5.75 Å². The Morgan fingerprint density at radius 2 is 2.20 bits per heavy atom. The molecule has 1 fully saturated rings. The van der Waals surface area contributed by atoms with E-state index in [9.17, 15) is 5.11 Å². The van der Waals surface area contributed by atoms with Crippen molar-refractivity contribution in [2.24, 2.45) is 5.73 Å². The first-order valence-corrected chi connectivity index (χ1v) is 6.86. The van der Waals surface area contributed by atoms with Gasteiger partial charge in [-0.25, -0.2) is 0 Å². The fourth-order valence-corrected chi connectivity index (χ4v) is 2.51. The van der Waals surface area contributed by atoms with Crippen LogP contribution in [0.5, 0.6) is 5.75 Å². The van der Waals surface area contributed by atoms with E-state index in [0.29, 0.717) is 11.4 Å². The number of nitrogens with zero attached hydrogens (tertiary/aromatic N) is 1. The Labute approximate surface area is 120 Å². The Balaban J connectivity index is 2.08. The summed E-state index contributed by atoms with van der Waals surface area (Å²) in [6, 6.07) is 5.82. The van der Waals surface area contributed by atoms with Gasteiger partial charge in [-0.05, 0) is 43.0 Å². The highest BCUT2D eigenvalue weighted by atomic mass is 16.3. The Hall–Kier alpha value is -2.16. The molecule has 0 aliphatic carbocycles. The summed E-state index contributed by atoms with van der Waals surface area (Å²) < 4.78 is 0. The molecule has 1 atom stereocenters. The molecule has 0 saturated carbocycles. The predicted molar refractivity (Wildman–Crippen MR) is 84.1 cm³/mol. The van der Waals surface area contributed by atoms with Gasteiger partial charge in [0.1, 0.15) is 5.75 Å². The lowest BCUT2D eigenvalue weighted by atomic mass is 10.1.